The molecule has 2 amide bonds. The van der Waals surface area contributed by atoms with Gasteiger partial charge in [0.05, 0.1) is 4.88 Å². The van der Waals surface area contributed by atoms with Crippen LogP contribution in [-0.2, 0) is 11.3 Å². The Labute approximate surface area is 144 Å². The van der Waals surface area contributed by atoms with Gasteiger partial charge in [0.25, 0.3) is 5.91 Å². The molecule has 0 radical (unpaired) electrons. The molecule has 120 valence electrons. The number of hydrogen-bond donors (Lipinski definition) is 1. The minimum absolute atomic E-state index is 0.0517. The van der Waals surface area contributed by atoms with Gasteiger partial charge in [0.15, 0.2) is 0 Å². The second kappa shape index (κ2) is 7.15. The van der Waals surface area contributed by atoms with Crippen molar-refractivity contribution in [3.05, 3.63) is 57.2 Å². The average molecular weight is 349 g/mol. The molecule has 1 atom stereocenters. The van der Waals surface area contributed by atoms with Crippen molar-refractivity contribution in [2.45, 2.75) is 25.4 Å². The molecule has 1 saturated heterocycles. The van der Waals surface area contributed by atoms with Crippen molar-refractivity contribution in [1.29, 1.82) is 0 Å². The molecule has 1 aromatic heterocycles. The van der Waals surface area contributed by atoms with Gasteiger partial charge in [-0.1, -0.05) is 29.8 Å². The molecule has 0 bridgehead atoms. The van der Waals surface area contributed by atoms with Crippen molar-refractivity contribution in [2.24, 2.45) is 0 Å². The third-order valence-electron chi connectivity index (χ3n) is 3.93. The second-order valence-electron chi connectivity index (χ2n) is 5.48. The van der Waals surface area contributed by atoms with Crippen LogP contribution in [0.4, 0.5) is 0 Å². The standard InChI is InChI=1S/C17H17ClN2O2S/c18-13-7-5-12(6-8-13)11-19-16(21)14-3-1-9-20(14)17(22)15-4-2-10-23-15/h2,4-8,10,14H,1,3,9,11H2,(H,19,21). The van der Waals surface area contributed by atoms with Crippen molar-refractivity contribution >= 4 is 34.8 Å². The SMILES string of the molecule is O=C(NCc1ccc(Cl)cc1)C1CCCN1C(=O)c1cccs1. The van der Waals surface area contributed by atoms with Gasteiger partial charge in [-0.25, -0.2) is 0 Å². The fourth-order valence-electron chi connectivity index (χ4n) is 2.73. The van der Waals surface area contributed by atoms with E-state index in [9.17, 15) is 9.59 Å². The number of carbonyl (C=O) groups excluding carboxylic acids is 2. The van der Waals surface area contributed by atoms with E-state index in [2.05, 4.69) is 5.32 Å². The van der Waals surface area contributed by atoms with E-state index in [0.717, 1.165) is 12.0 Å². The van der Waals surface area contributed by atoms with Crippen LogP contribution in [0, 0.1) is 0 Å². The lowest BCUT2D eigenvalue weighted by Gasteiger charge is -2.23. The summed E-state index contributed by atoms with van der Waals surface area (Å²) >= 11 is 7.26. The largest absolute Gasteiger partial charge is 0.350 e. The van der Waals surface area contributed by atoms with Gasteiger partial charge in [0.1, 0.15) is 6.04 Å². The first-order valence-electron chi connectivity index (χ1n) is 7.52. The molecule has 2 aromatic rings. The van der Waals surface area contributed by atoms with E-state index < -0.39 is 0 Å². The van der Waals surface area contributed by atoms with E-state index in [0.29, 0.717) is 29.4 Å². The second-order valence-corrected chi connectivity index (χ2v) is 6.86. The number of thiophene rings is 1. The van der Waals surface area contributed by atoms with E-state index in [-0.39, 0.29) is 17.9 Å². The first kappa shape index (κ1) is 16.0. The normalized spacial score (nSPS) is 17.3. The van der Waals surface area contributed by atoms with Crippen LogP contribution in [0.3, 0.4) is 0 Å². The zero-order valence-electron chi connectivity index (χ0n) is 12.5. The number of nitrogens with one attached hydrogen (secondary N) is 1. The maximum absolute atomic E-state index is 12.5. The average Bonchev–Trinajstić information content (AvgIpc) is 3.24. The third-order valence-corrected chi connectivity index (χ3v) is 5.04. The summed E-state index contributed by atoms with van der Waals surface area (Å²) in [6.45, 7) is 1.07. The summed E-state index contributed by atoms with van der Waals surface area (Å²) in [7, 11) is 0. The minimum atomic E-state index is -0.378. The molecule has 6 heteroatoms. The summed E-state index contributed by atoms with van der Waals surface area (Å²) in [5.41, 5.74) is 0.983. The number of likely N-dealkylation sites (tertiary alicyclic amines) is 1. The highest BCUT2D eigenvalue weighted by Crippen LogP contribution is 2.22. The number of halogens is 1. The summed E-state index contributed by atoms with van der Waals surface area (Å²) in [4.78, 5) is 27.3. The van der Waals surface area contributed by atoms with Crippen LogP contribution in [0.5, 0.6) is 0 Å². The van der Waals surface area contributed by atoms with Crippen LogP contribution >= 0.6 is 22.9 Å². The molecule has 3 rings (SSSR count). The van der Waals surface area contributed by atoms with E-state index in [1.807, 2.05) is 23.6 Å². The number of nitrogens with zero attached hydrogens (tertiary/aromatic N) is 1. The lowest BCUT2D eigenvalue weighted by atomic mass is 10.2. The lowest BCUT2D eigenvalue weighted by Crippen LogP contribution is -2.45. The summed E-state index contributed by atoms with van der Waals surface area (Å²) in [6.07, 6.45) is 1.57. The minimum Gasteiger partial charge on any atom is -0.350 e. The Morgan fingerprint density at radius 1 is 1.26 bits per heavy atom. The van der Waals surface area contributed by atoms with Gasteiger partial charge < -0.3 is 10.2 Å². The molecule has 2 heterocycles. The molecule has 1 aliphatic rings. The van der Waals surface area contributed by atoms with Crippen molar-refractivity contribution in [1.82, 2.24) is 10.2 Å². The van der Waals surface area contributed by atoms with Crippen molar-refractivity contribution in [2.75, 3.05) is 6.54 Å². The Bertz CT molecular complexity index is 685. The summed E-state index contributed by atoms with van der Waals surface area (Å²) < 4.78 is 0. The number of hydrogen-bond acceptors (Lipinski definition) is 3. The van der Waals surface area contributed by atoms with E-state index >= 15 is 0 Å². The van der Waals surface area contributed by atoms with Crippen LogP contribution < -0.4 is 5.32 Å². The molecule has 23 heavy (non-hydrogen) atoms. The number of amides is 2. The maximum atomic E-state index is 12.5. The van der Waals surface area contributed by atoms with Gasteiger partial charge in [0, 0.05) is 18.1 Å². The van der Waals surface area contributed by atoms with Crippen LogP contribution in [0.25, 0.3) is 0 Å². The highest BCUT2D eigenvalue weighted by molar-refractivity contribution is 7.12. The van der Waals surface area contributed by atoms with Gasteiger partial charge in [0.2, 0.25) is 5.91 Å². The maximum Gasteiger partial charge on any atom is 0.264 e. The number of benzene rings is 1. The topological polar surface area (TPSA) is 49.4 Å². The van der Waals surface area contributed by atoms with Crippen molar-refractivity contribution in [3.63, 3.8) is 0 Å². The summed E-state index contributed by atoms with van der Waals surface area (Å²) in [5.74, 6) is -0.147. The smallest absolute Gasteiger partial charge is 0.264 e. The summed E-state index contributed by atoms with van der Waals surface area (Å²) in [6, 6.07) is 10.6. The van der Waals surface area contributed by atoms with Crippen molar-refractivity contribution < 1.29 is 9.59 Å². The van der Waals surface area contributed by atoms with Crippen molar-refractivity contribution in [3.8, 4) is 0 Å². The third kappa shape index (κ3) is 3.74. The Kier molecular flexibility index (Phi) is 4.98. The molecular weight excluding hydrogens is 332 g/mol. The van der Waals surface area contributed by atoms with Crippen LogP contribution in [0.2, 0.25) is 5.02 Å². The van der Waals surface area contributed by atoms with E-state index in [4.69, 9.17) is 11.6 Å². The number of rotatable bonds is 4. The molecule has 0 aliphatic carbocycles. The Hall–Kier alpha value is -1.85. The summed E-state index contributed by atoms with van der Waals surface area (Å²) in [5, 5.41) is 5.46. The first-order chi connectivity index (χ1) is 11.1. The predicted molar refractivity (Wildman–Crippen MR) is 91.7 cm³/mol. The zero-order valence-corrected chi connectivity index (χ0v) is 14.1. The Morgan fingerprint density at radius 3 is 2.74 bits per heavy atom. The molecule has 1 N–H and O–H groups in total. The molecule has 4 nitrogen and oxygen atoms in total. The van der Waals surface area contributed by atoms with Crippen LogP contribution in [-0.4, -0.2) is 29.3 Å². The van der Waals surface area contributed by atoms with Gasteiger partial charge in [-0.05, 0) is 42.0 Å². The van der Waals surface area contributed by atoms with Crippen LogP contribution in [0.15, 0.2) is 41.8 Å². The number of carbonyl (C=O) groups is 2. The van der Waals surface area contributed by atoms with Gasteiger partial charge in [-0.2, -0.15) is 0 Å². The monoisotopic (exact) mass is 348 g/mol. The van der Waals surface area contributed by atoms with Crippen LogP contribution in [0.1, 0.15) is 28.1 Å². The molecular formula is C17H17ClN2O2S. The van der Waals surface area contributed by atoms with E-state index in [1.54, 1.807) is 23.1 Å². The fraction of sp³-hybridized carbons (Fsp3) is 0.294. The highest BCUT2D eigenvalue weighted by atomic mass is 35.5. The molecule has 1 aromatic carbocycles. The Morgan fingerprint density at radius 2 is 2.04 bits per heavy atom. The quantitative estimate of drug-likeness (QED) is 0.921. The Balaban J connectivity index is 1.61. The predicted octanol–water partition coefficient (Wildman–Crippen LogP) is 3.32. The first-order valence-corrected chi connectivity index (χ1v) is 8.77. The molecule has 1 unspecified atom stereocenters. The molecule has 1 aliphatic heterocycles. The van der Waals surface area contributed by atoms with E-state index in [1.165, 1.54) is 11.3 Å². The fourth-order valence-corrected chi connectivity index (χ4v) is 3.54. The van der Waals surface area contributed by atoms with Gasteiger partial charge in [-0.3, -0.25) is 9.59 Å². The molecule has 1 fully saturated rings. The van der Waals surface area contributed by atoms with Gasteiger partial charge >= 0.3 is 0 Å². The zero-order chi connectivity index (χ0) is 16.2. The van der Waals surface area contributed by atoms with Gasteiger partial charge in [-0.15, -0.1) is 11.3 Å². The molecule has 0 saturated carbocycles. The highest BCUT2D eigenvalue weighted by Gasteiger charge is 2.34. The lowest BCUT2D eigenvalue weighted by molar-refractivity contribution is -0.125. The molecule has 0 spiro atoms.